The van der Waals surface area contributed by atoms with E-state index in [1.54, 1.807) is 0 Å². The van der Waals surface area contributed by atoms with Crippen LogP contribution >= 0.6 is 0 Å². The molecule has 0 bridgehead atoms. The number of halogens is 2. The van der Waals surface area contributed by atoms with E-state index in [0.29, 0.717) is 11.2 Å². The summed E-state index contributed by atoms with van der Waals surface area (Å²) >= 11 is 0. The van der Waals surface area contributed by atoms with E-state index < -0.39 is 10.8 Å². The lowest BCUT2D eigenvalue weighted by Crippen LogP contribution is -2.29. The van der Waals surface area contributed by atoms with Gasteiger partial charge in [-0.15, -0.1) is 0 Å². The van der Waals surface area contributed by atoms with Crippen molar-refractivity contribution in [2.45, 2.75) is 38.5 Å². The van der Waals surface area contributed by atoms with Gasteiger partial charge in [0.05, 0.1) is 10.8 Å². The molecular weight excluding hydrogens is 1360 g/mol. The van der Waals surface area contributed by atoms with Gasteiger partial charge in [-0.2, -0.15) is 0 Å². The number of furan rings is 1. The number of hydrogen-bond acceptors (Lipinski definition) is 3. The third-order valence-electron chi connectivity index (χ3n) is 23.3. The summed E-state index contributed by atoms with van der Waals surface area (Å²) in [6.07, 6.45) is 3.76. The molecule has 2 aliphatic carbocycles. The molecule has 0 saturated carbocycles. The molecule has 0 radical (unpaired) electrons. The minimum absolute atomic E-state index is 0.323. The van der Waals surface area contributed by atoms with Crippen molar-refractivity contribution < 1.29 is 13.2 Å². The second-order valence-corrected chi connectivity index (χ2v) is 29.7. The largest absolute Gasteiger partial charge is 0.456 e. The molecule has 2 aliphatic rings. The van der Waals surface area contributed by atoms with Crippen LogP contribution < -0.4 is 9.80 Å². The maximum atomic E-state index is 15.1. The van der Waals surface area contributed by atoms with E-state index in [-0.39, 0.29) is 11.6 Å². The molecule has 0 amide bonds. The van der Waals surface area contributed by atoms with Gasteiger partial charge in [-0.25, -0.2) is 8.78 Å². The highest BCUT2D eigenvalue weighted by atomic mass is 19.1. The highest BCUT2D eigenvalue weighted by Gasteiger charge is 2.49. The molecule has 0 N–H and O–H groups in total. The van der Waals surface area contributed by atoms with Gasteiger partial charge in [-0.1, -0.05) is 267 Å². The van der Waals surface area contributed by atoms with E-state index in [0.717, 1.165) is 101 Å². The van der Waals surface area contributed by atoms with Gasteiger partial charge in [0, 0.05) is 57.0 Å². The Morgan fingerprint density at radius 2 is 0.613 bits per heavy atom. The average Bonchev–Trinajstić information content (AvgIpc) is 1.55. The summed E-state index contributed by atoms with van der Waals surface area (Å²) in [4.78, 5) is 4.35. The zero-order valence-corrected chi connectivity index (χ0v) is 62.1. The maximum Gasteiger partial charge on any atom is 0.137 e. The summed E-state index contributed by atoms with van der Waals surface area (Å²) in [5.41, 5.74) is 35.5. The zero-order chi connectivity index (χ0) is 75.2. The van der Waals surface area contributed by atoms with Crippen LogP contribution in [0.25, 0.3) is 101 Å². The number of aryl methyl sites for hydroxylation is 4. The predicted molar refractivity (Wildman–Crippen MR) is 458 cm³/mol. The molecule has 2 atom stereocenters. The Kier molecular flexibility index (Phi) is 16.6. The fraction of sp³-hybridized carbons (Fsp3) is 0.0566. The van der Waals surface area contributed by atoms with Gasteiger partial charge < -0.3 is 14.2 Å². The molecule has 0 fully saturated rings. The van der Waals surface area contributed by atoms with E-state index in [9.17, 15) is 0 Å². The van der Waals surface area contributed by atoms with Crippen molar-refractivity contribution >= 4 is 68.2 Å². The predicted octanol–water partition coefficient (Wildman–Crippen LogP) is 28.7. The van der Waals surface area contributed by atoms with Gasteiger partial charge in [0.15, 0.2) is 0 Å². The Morgan fingerprint density at radius 3 is 1.01 bits per heavy atom. The molecule has 17 aromatic rings. The monoisotopic (exact) mass is 1430 g/mol. The van der Waals surface area contributed by atoms with Gasteiger partial charge in [0.2, 0.25) is 0 Å². The van der Waals surface area contributed by atoms with Crippen molar-refractivity contribution in [1.82, 2.24) is 0 Å². The third kappa shape index (κ3) is 11.4. The van der Waals surface area contributed by atoms with Crippen molar-refractivity contribution in [2.24, 2.45) is 0 Å². The minimum atomic E-state index is -0.653. The summed E-state index contributed by atoms with van der Waals surface area (Å²) < 4.78 is 37.3. The second-order valence-electron chi connectivity index (χ2n) is 29.7. The van der Waals surface area contributed by atoms with E-state index in [4.69, 9.17) is 4.42 Å². The Hall–Kier alpha value is -13.7. The summed E-state index contributed by atoms with van der Waals surface area (Å²) in [6, 6.07) is 124. The van der Waals surface area contributed by atoms with E-state index >= 15 is 8.78 Å². The minimum Gasteiger partial charge on any atom is -0.456 e. The Morgan fingerprint density at radius 1 is 0.270 bits per heavy atom. The van der Waals surface area contributed by atoms with Crippen LogP contribution in [0.15, 0.2) is 369 Å². The topological polar surface area (TPSA) is 19.6 Å². The fourth-order valence-electron chi connectivity index (χ4n) is 17.9. The van der Waals surface area contributed by atoms with Crippen molar-refractivity contribution in [1.29, 1.82) is 0 Å². The lowest BCUT2D eigenvalue weighted by molar-refractivity contribution is 0.627. The van der Waals surface area contributed by atoms with Crippen molar-refractivity contribution in [2.75, 3.05) is 9.80 Å². The van der Waals surface area contributed by atoms with Gasteiger partial charge in [-0.3, -0.25) is 0 Å². The Bertz CT molecular complexity index is 6150. The van der Waals surface area contributed by atoms with E-state index in [1.165, 1.54) is 113 Å². The first-order chi connectivity index (χ1) is 54.3. The maximum absolute atomic E-state index is 15.1. The van der Waals surface area contributed by atoms with Crippen LogP contribution in [-0.4, -0.2) is 0 Å². The van der Waals surface area contributed by atoms with Gasteiger partial charge in [0.1, 0.15) is 22.8 Å². The highest BCUT2D eigenvalue weighted by Crippen LogP contribution is 2.60. The molecule has 530 valence electrons. The fourth-order valence-corrected chi connectivity index (χ4v) is 17.9. The van der Waals surface area contributed by atoms with Crippen LogP contribution in [0, 0.1) is 39.3 Å². The first-order valence-corrected chi connectivity index (χ1v) is 37.9. The normalized spacial score (nSPS) is 14.5. The molecule has 0 saturated heterocycles. The first-order valence-electron chi connectivity index (χ1n) is 37.9. The van der Waals surface area contributed by atoms with Crippen LogP contribution in [-0.2, 0) is 10.8 Å². The summed E-state index contributed by atoms with van der Waals surface area (Å²) in [5.74, 6) is -0.647. The standard InChI is InChI=1S/C106H76F2N2O/c1-7-71-27-31-73(32-28-71)75-35-41-81(42-36-75)105(99-59-67(3)23-25-69(99)5)97-21-11-9-19-91(97)93-55-39-79(63-101(93)105)77-15-13-17-87(61-77)109(85-49-45-83(107)46-50-85)89-53-57-95-96-58-54-90(66-104(96)111-103(95)65-89)110(86-51-47-84(108)48-52-86)88-18-14-16-78(62-88)80-40-56-94-92-20-10-12-22-98(92)106(102(94)64-80,100-60-68(4)24-26-70(100)6)82-43-37-76(38-44-82)74-33-29-72(8-2)30-34-74/h7-66H,1-2H2,3-6H3. The molecule has 19 rings (SSSR count). The molecule has 0 aliphatic heterocycles. The molecule has 1 heterocycles. The SMILES string of the molecule is C=Cc1ccc(-c2ccc(C3(c4cc(C)ccc4C)c4ccccc4-c4ccc(-c5cccc(N(c6ccc(F)cc6)c6ccc7c(c6)oc6cc(N(c8ccc(F)cc8)c8cccc(-c9ccc%10c(c9)C(c9ccc(-c%11ccc(C=C)cc%11)cc9)(c9cc(C)ccc9C)c9ccccc9-%10)c8)ccc67)c5)cc43)cc2)cc1. The first kappa shape index (κ1) is 67.8. The van der Waals surface area contributed by atoms with Crippen LogP contribution in [0.5, 0.6) is 0 Å². The molecule has 3 nitrogen and oxygen atoms in total. The van der Waals surface area contributed by atoms with E-state index in [1.807, 2.05) is 36.4 Å². The van der Waals surface area contributed by atoms with Crippen LogP contribution in [0.3, 0.4) is 0 Å². The van der Waals surface area contributed by atoms with Crippen molar-refractivity contribution in [3.05, 3.63) is 455 Å². The number of anilines is 6. The third-order valence-corrected chi connectivity index (χ3v) is 23.3. The van der Waals surface area contributed by atoms with Crippen molar-refractivity contribution in [3.63, 3.8) is 0 Å². The lowest BCUT2D eigenvalue weighted by Gasteiger charge is -2.35. The number of benzene rings is 16. The summed E-state index contributed by atoms with van der Waals surface area (Å²) in [7, 11) is 0. The number of hydrogen-bond donors (Lipinski definition) is 0. The molecule has 2 unspecified atom stereocenters. The van der Waals surface area contributed by atoms with Crippen LogP contribution in [0.4, 0.5) is 42.9 Å². The number of fused-ring (bicyclic) bond motifs is 9. The molecule has 111 heavy (non-hydrogen) atoms. The van der Waals surface area contributed by atoms with Crippen molar-refractivity contribution in [3.8, 4) is 66.8 Å². The van der Waals surface area contributed by atoms with Crippen LogP contribution in [0.1, 0.15) is 77.9 Å². The van der Waals surface area contributed by atoms with Crippen LogP contribution in [0.2, 0.25) is 0 Å². The second kappa shape index (κ2) is 27.2. The molecule has 5 heteroatoms. The summed E-state index contributed by atoms with van der Waals surface area (Å²) in [6.45, 7) is 16.8. The average molecular weight is 1430 g/mol. The van der Waals surface area contributed by atoms with Gasteiger partial charge in [-0.05, 0) is 270 Å². The molecule has 1 aromatic heterocycles. The Labute approximate surface area is 646 Å². The van der Waals surface area contributed by atoms with Gasteiger partial charge in [0.25, 0.3) is 0 Å². The van der Waals surface area contributed by atoms with Gasteiger partial charge >= 0.3 is 0 Å². The highest BCUT2D eigenvalue weighted by molar-refractivity contribution is 6.08. The molecule has 16 aromatic carbocycles. The lowest BCUT2D eigenvalue weighted by atomic mass is 9.66. The number of nitrogens with zero attached hydrogens (tertiary/aromatic N) is 2. The van der Waals surface area contributed by atoms with E-state index in [2.05, 4.69) is 354 Å². The molecule has 0 spiro atoms. The smallest absolute Gasteiger partial charge is 0.137 e. The summed E-state index contributed by atoms with van der Waals surface area (Å²) in [5, 5.41) is 1.88. The zero-order valence-electron chi connectivity index (χ0n) is 62.1. The molecular formula is C106H76F2N2O. The number of rotatable bonds is 16. The quantitative estimate of drug-likeness (QED) is 0.0961. The Balaban J connectivity index is 0.694.